The van der Waals surface area contributed by atoms with Crippen molar-refractivity contribution in [2.24, 2.45) is 0 Å². The second kappa shape index (κ2) is 14.2. The predicted molar refractivity (Wildman–Crippen MR) is 72.2 cm³/mol. The van der Waals surface area contributed by atoms with Crippen LogP contribution in [0.15, 0.2) is 0 Å². The summed E-state index contributed by atoms with van der Waals surface area (Å²) in [7, 11) is 1.72. The van der Waals surface area contributed by atoms with Crippen LogP contribution in [0.2, 0.25) is 6.04 Å². The molecule has 0 rings (SSSR count). The Hall–Kier alpha value is 0.177. The zero-order valence-corrected chi connectivity index (χ0v) is 12.3. The van der Waals surface area contributed by atoms with Crippen molar-refractivity contribution in [3.63, 3.8) is 0 Å². The van der Waals surface area contributed by atoms with Gasteiger partial charge in [0.2, 0.25) is 0 Å². The average Bonchev–Trinajstić information content (AvgIpc) is 2.26. The van der Waals surface area contributed by atoms with Gasteiger partial charge < -0.3 is 4.43 Å². The van der Waals surface area contributed by atoms with Crippen LogP contribution >= 0.6 is 0 Å². The van der Waals surface area contributed by atoms with E-state index in [4.69, 9.17) is 4.43 Å². The molecular weight excluding hydrogens is 200 g/mol. The summed E-state index contributed by atoms with van der Waals surface area (Å²) < 4.78 is 5.16. The fourth-order valence-corrected chi connectivity index (χ4v) is 2.76. The van der Waals surface area contributed by atoms with E-state index in [0.29, 0.717) is 0 Å². The summed E-state index contributed by atoms with van der Waals surface area (Å²) in [6.07, 6.45) is 14.4. The van der Waals surface area contributed by atoms with Gasteiger partial charge in [0.05, 0.1) is 0 Å². The van der Waals surface area contributed by atoms with Crippen molar-refractivity contribution < 1.29 is 4.43 Å². The maximum absolute atomic E-state index is 5.16. The van der Waals surface area contributed by atoms with Crippen LogP contribution < -0.4 is 0 Å². The number of unbranched alkanes of at least 4 members (excludes halogenated alkanes) is 9. The molecule has 0 N–H and O–H groups in total. The Morgan fingerprint density at radius 1 is 0.733 bits per heavy atom. The zero-order chi connectivity index (χ0) is 11.2. The van der Waals surface area contributed by atoms with E-state index in [9.17, 15) is 0 Å². The molecule has 0 aliphatic carbocycles. The molecule has 0 bridgehead atoms. The van der Waals surface area contributed by atoms with Crippen molar-refractivity contribution in [2.45, 2.75) is 77.2 Å². The Kier molecular flexibility index (Phi) is 14.3. The Morgan fingerprint density at radius 3 is 1.67 bits per heavy atom. The van der Waals surface area contributed by atoms with Crippen LogP contribution in [0.25, 0.3) is 0 Å². The first kappa shape index (κ1) is 15.2. The first-order chi connectivity index (χ1) is 7.41. The molecule has 0 fully saturated rings. The summed E-state index contributed by atoms with van der Waals surface area (Å²) >= 11 is 0. The Morgan fingerprint density at radius 2 is 1.20 bits per heavy atom. The zero-order valence-electron chi connectivity index (χ0n) is 10.9. The maximum Gasteiger partial charge on any atom is 0.161 e. The van der Waals surface area contributed by atoms with E-state index in [1.165, 1.54) is 70.3 Å². The highest BCUT2D eigenvalue weighted by Gasteiger charge is 1.92. The predicted octanol–water partition coefficient (Wildman–Crippen LogP) is 4.06. The summed E-state index contributed by atoms with van der Waals surface area (Å²) in [5.74, 6) is 0. The fraction of sp³-hybridized carbons (Fsp3) is 1.00. The van der Waals surface area contributed by atoms with Gasteiger partial charge in [-0.05, 0) is 6.04 Å². The van der Waals surface area contributed by atoms with E-state index in [1.807, 2.05) is 7.11 Å². The van der Waals surface area contributed by atoms with Crippen LogP contribution in [0, 0.1) is 0 Å². The lowest BCUT2D eigenvalue weighted by atomic mass is 10.1. The lowest BCUT2D eigenvalue weighted by molar-refractivity contribution is 0.438. The molecule has 0 aliphatic rings. The molecule has 0 atom stereocenters. The van der Waals surface area contributed by atoms with Crippen molar-refractivity contribution in [3.05, 3.63) is 0 Å². The normalized spacial score (nSPS) is 11.6. The van der Waals surface area contributed by atoms with E-state index in [-0.39, 0.29) is 9.76 Å². The topological polar surface area (TPSA) is 9.23 Å². The molecule has 0 saturated carbocycles. The highest BCUT2D eigenvalue weighted by Crippen LogP contribution is 2.11. The first-order valence-electron chi connectivity index (χ1n) is 6.90. The van der Waals surface area contributed by atoms with Gasteiger partial charge in [-0.2, -0.15) is 0 Å². The van der Waals surface area contributed by atoms with Gasteiger partial charge in [0, 0.05) is 7.11 Å². The quantitative estimate of drug-likeness (QED) is 0.363. The van der Waals surface area contributed by atoms with Crippen LogP contribution in [-0.4, -0.2) is 16.9 Å². The molecule has 0 amide bonds. The smallest absolute Gasteiger partial charge is 0.161 e. The molecule has 0 saturated heterocycles. The van der Waals surface area contributed by atoms with E-state index >= 15 is 0 Å². The monoisotopic (exact) mass is 230 g/mol. The molecular formula is C13H30OSi. The summed E-state index contributed by atoms with van der Waals surface area (Å²) in [5.41, 5.74) is 0. The second-order valence-corrected chi connectivity index (χ2v) is 6.22. The highest BCUT2D eigenvalue weighted by molar-refractivity contribution is 6.26. The molecule has 0 heterocycles. The van der Waals surface area contributed by atoms with Crippen LogP contribution in [0.3, 0.4) is 0 Å². The Bertz CT molecular complexity index is 94.7. The minimum atomic E-state index is -0.132. The van der Waals surface area contributed by atoms with Gasteiger partial charge in [-0.25, -0.2) is 0 Å². The van der Waals surface area contributed by atoms with Crippen molar-refractivity contribution in [1.29, 1.82) is 0 Å². The number of rotatable bonds is 12. The third kappa shape index (κ3) is 14.2. The summed E-state index contributed by atoms with van der Waals surface area (Å²) in [6, 6.07) is 1.38. The maximum atomic E-state index is 5.16. The van der Waals surface area contributed by atoms with Crippen LogP contribution in [0.4, 0.5) is 0 Å². The van der Waals surface area contributed by atoms with E-state index in [0.717, 1.165) is 0 Å². The lowest BCUT2D eigenvalue weighted by Gasteiger charge is -2.01. The van der Waals surface area contributed by atoms with Crippen molar-refractivity contribution >= 4 is 9.76 Å². The van der Waals surface area contributed by atoms with Gasteiger partial charge >= 0.3 is 0 Å². The van der Waals surface area contributed by atoms with Gasteiger partial charge in [0.1, 0.15) is 0 Å². The molecule has 0 spiro atoms. The van der Waals surface area contributed by atoms with Gasteiger partial charge in [-0.3, -0.25) is 0 Å². The van der Waals surface area contributed by atoms with Crippen LogP contribution in [-0.2, 0) is 4.43 Å². The van der Waals surface area contributed by atoms with Crippen molar-refractivity contribution in [3.8, 4) is 0 Å². The van der Waals surface area contributed by atoms with Gasteiger partial charge in [0.15, 0.2) is 9.76 Å². The largest absolute Gasteiger partial charge is 0.427 e. The molecule has 2 heteroatoms. The fourth-order valence-electron chi connectivity index (χ4n) is 1.91. The van der Waals surface area contributed by atoms with Crippen molar-refractivity contribution in [2.75, 3.05) is 7.11 Å². The SMILES string of the molecule is CCCCCCCCCCCC[SiH2]OC. The minimum absolute atomic E-state index is 0.132. The summed E-state index contributed by atoms with van der Waals surface area (Å²) in [4.78, 5) is 0. The minimum Gasteiger partial charge on any atom is -0.427 e. The lowest BCUT2D eigenvalue weighted by Crippen LogP contribution is -1.91. The molecule has 1 nitrogen and oxygen atoms in total. The van der Waals surface area contributed by atoms with E-state index < -0.39 is 0 Å². The first-order valence-corrected chi connectivity index (χ1v) is 8.48. The number of hydrogen-bond acceptors (Lipinski definition) is 1. The summed E-state index contributed by atoms with van der Waals surface area (Å²) in [5, 5.41) is 0. The second-order valence-electron chi connectivity index (χ2n) is 4.53. The van der Waals surface area contributed by atoms with Gasteiger partial charge in [0.25, 0.3) is 0 Å². The van der Waals surface area contributed by atoms with Crippen LogP contribution in [0.1, 0.15) is 71.1 Å². The third-order valence-corrected chi connectivity index (χ3v) is 4.15. The van der Waals surface area contributed by atoms with Crippen molar-refractivity contribution in [1.82, 2.24) is 0 Å². The average molecular weight is 230 g/mol. The summed E-state index contributed by atoms with van der Waals surface area (Å²) in [6.45, 7) is 2.28. The Balaban J connectivity index is 2.81. The third-order valence-electron chi connectivity index (χ3n) is 2.95. The van der Waals surface area contributed by atoms with Gasteiger partial charge in [-0.1, -0.05) is 71.1 Å². The molecule has 0 aromatic carbocycles. The molecule has 0 radical (unpaired) electrons. The molecule has 0 unspecified atom stereocenters. The van der Waals surface area contributed by atoms with E-state index in [1.54, 1.807) is 0 Å². The molecule has 92 valence electrons. The van der Waals surface area contributed by atoms with Crippen LogP contribution in [0.5, 0.6) is 0 Å². The standard InChI is InChI=1S/C13H30OSi/c1-3-4-5-6-7-8-9-10-11-12-13-15-14-2/h3-13,15H2,1-2H3. The van der Waals surface area contributed by atoms with E-state index in [2.05, 4.69) is 6.92 Å². The molecule has 0 aliphatic heterocycles. The molecule has 15 heavy (non-hydrogen) atoms. The Labute approximate surface area is 98.9 Å². The highest BCUT2D eigenvalue weighted by atomic mass is 28.2. The van der Waals surface area contributed by atoms with Gasteiger partial charge in [-0.15, -0.1) is 0 Å². The molecule has 0 aromatic heterocycles. The molecule has 0 aromatic rings. The number of hydrogen-bond donors (Lipinski definition) is 0.